The molecule has 7 heteroatoms. The molecule has 1 aliphatic carbocycles. The molecule has 0 bridgehead atoms. The number of carboxylic acids is 1. The number of carbonyl (C=O) groups excluding carboxylic acids is 1. The molecule has 2 unspecified atom stereocenters. The van der Waals surface area contributed by atoms with E-state index in [9.17, 15) is 14.7 Å². The number of benzene rings is 3. The van der Waals surface area contributed by atoms with Crippen LogP contribution in [0.5, 0.6) is 5.75 Å². The maximum Gasteiger partial charge on any atom is 0.326 e. The minimum atomic E-state index is -1.04. The van der Waals surface area contributed by atoms with Crippen LogP contribution in [0.25, 0.3) is 0 Å². The van der Waals surface area contributed by atoms with Crippen molar-refractivity contribution in [3.8, 4) is 5.75 Å². The highest BCUT2D eigenvalue weighted by atomic mass is 19.1. The molecule has 2 heterocycles. The van der Waals surface area contributed by atoms with Crippen LogP contribution in [0.1, 0.15) is 71.1 Å². The number of carbonyl (C=O) groups is 2. The summed E-state index contributed by atoms with van der Waals surface area (Å²) in [5.74, 6) is -1.18. The smallest absolute Gasteiger partial charge is 0.326 e. The fourth-order valence-corrected chi connectivity index (χ4v) is 6.32. The summed E-state index contributed by atoms with van der Waals surface area (Å²) in [6, 6.07) is 23.3. The number of rotatable bonds is 9. The Morgan fingerprint density at radius 1 is 0.925 bits per heavy atom. The van der Waals surface area contributed by atoms with E-state index < -0.39 is 23.7 Å². The Kier molecular flexibility index (Phi) is 7.57. The fourth-order valence-electron chi connectivity index (χ4n) is 6.32. The van der Waals surface area contributed by atoms with Gasteiger partial charge >= 0.3 is 5.97 Å². The van der Waals surface area contributed by atoms with E-state index in [-0.39, 0.29) is 17.5 Å². The minimum absolute atomic E-state index is 0.0528. The maximum absolute atomic E-state index is 15.3. The molecular formula is C33H35FN2O4. The van der Waals surface area contributed by atoms with Gasteiger partial charge in [-0.2, -0.15) is 0 Å². The summed E-state index contributed by atoms with van der Waals surface area (Å²) < 4.78 is 21.6. The molecule has 0 spiro atoms. The molecule has 1 amide bonds. The van der Waals surface area contributed by atoms with Gasteiger partial charge in [-0.05, 0) is 67.3 Å². The normalized spacial score (nSPS) is 21.2. The first-order valence-corrected chi connectivity index (χ1v) is 14.3. The third-order valence-electron chi connectivity index (χ3n) is 8.53. The number of halogens is 1. The van der Waals surface area contributed by atoms with Crippen LogP contribution in [0.3, 0.4) is 0 Å². The first-order chi connectivity index (χ1) is 19.5. The lowest BCUT2D eigenvalue weighted by molar-refractivity contribution is -0.141. The van der Waals surface area contributed by atoms with Crippen molar-refractivity contribution in [1.29, 1.82) is 0 Å². The van der Waals surface area contributed by atoms with E-state index in [1.807, 2.05) is 12.1 Å². The Bertz CT molecular complexity index is 1320. The fraction of sp³-hybridized carbons (Fsp3) is 0.394. The van der Waals surface area contributed by atoms with Gasteiger partial charge in [-0.3, -0.25) is 9.69 Å². The molecule has 3 aromatic rings. The molecule has 208 valence electrons. The topological polar surface area (TPSA) is 70.1 Å². The summed E-state index contributed by atoms with van der Waals surface area (Å²) >= 11 is 0. The van der Waals surface area contributed by atoms with Gasteiger partial charge < -0.3 is 14.7 Å². The summed E-state index contributed by atoms with van der Waals surface area (Å²) in [6.07, 6.45) is 3.94. The molecule has 3 fully saturated rings. The monoisotopic (exact) mass is 542 g/mol. The van der Waals surface area contributed by atoms with E-state index in [1.165, 1.54) is 22.1 Å². The van der Waals surface area contributed by atoms with Crippen LogP contribution in [-0.4, -0.2) is 59.1 Å². The summed E-state index contributed by atoms with van der Waals surface area (Å²) in [5.41, 5.74) is 3.33. The second kappa shape index (κ2) is 11.4. The molecule has 1 saturated carbocycles. The van der Waals surface area contributed by atoms with Crippen LogP contribution in [-0.2, 0) is 4.79 Å². The number of carboxylic acid groups (broad SMARTS) is 1. The first-order valence-electron chi connectivity index (χ1n) is 14.3. The van der Waals surface area contributed by atoms with Gasteiger partial charge in [0.15, 0.2) is 0 Å². The second-order valence-corrected chi connectivity index (χ2v) is 11.3. The van der Waals surface area contributed by atoms with Gasteiger partial charge in [0.05, 0.1) is 18.2 Å². The van der Waals surface area contributed by atoms with Crippen molar-refractivity contribution in [2.24, 2.45) is 5.92 Å². The molecular weight excluding hydrogens is 507 g/mol. The molecule has 40 heavy (non-hydrogen) atoms. The molecule has 1 N–H and O–H groups in total. The van der Waals surface area contributed by atoms with Crippen molar-refractivity contribution in [3.63, 3.8) is 0 Å². The van der Waals surface area contributed by atoms with E-state index in [1.54, 1.807) is 6.07 Å². The number of hydrogen-bond acceptors (Lipinski definition) is 4. The second-order valence-electron chi connectivity index (χ2n) is 11.3. The Hall–Kier alpha value is -3.71. The van der Waals surface area contributed by atoms with Crippen LogP contribution in [0.15, 0.2) is 72.8 Å². The van der Waals surface area contributed by atoms with Gasteiger partial charge in [0.2, 0.25) is 0 Å². The summed E-state index contributed by atoms with van der Waals surface area (Å²) in [5, 5.41) is 9.49. The van der Waals surface area contributed by atoms with E-state index in [4.69, 9.17) is 4.74 Å². The van der Waals surface area contributed by atoms with Crippen molar-refractivity contribution in [2.45, 2.75) is 50.1 Å². The molecule has 2 atom stereocenters. The third-order valence-corrected chi connectivity index (χ3v) is 8.53. The van der Waals surface area contributed by atoms with Crippen LogP contribution >= 0.6 is 0 Å². The standard InChI is InChI=1S/C33H35FN2O4/c34-28-19-30(26(23-13-14-23)18-27(28)32(37)36-16-7-12-29(36)33(38)39)40-21-22-15-17-35(20-22)31(24-8-3-1-4-9-24)25-10-5-2-6-11-25/h1-6,8-11,18-19,22-23,29,31H,7,12-17,20-21H2,(H,38,39). The van der Waals surface area contributed by atoms with Crippen LogP contribution in [0.4, 0.5) is 4.39 Å². The van der Waals surface area contributed by atoms with Crippen LogP contribution in [0.2, 0.25) is 0 Å². The minimum Gasteiger partial charge on any atom is -0.493 e. The molecule has 6 rings (SSSR count). The molecule has 2 saturated heterocycles. The van der Waals surface area contributed by atoms with Crippen molar-refractivity contribution in [3.05, 3.63) is 101 Å². The average Bonchev–Trinajstić information content (AvgIpc) is 3.49. The largest absolute Gasteiger partial charge is 0.493 e. The van der Waals surface area contributed by atoms with E-state index in [0.29, 0.717) is 37.7 Å². The number of ether oxygens (including phenoxy) is 1. The van der Waals surface area contributed by atoms with Gasteiger partial charge in [-0.1, -0.05) is 60.7 Å². The summed E-state index contributed by atoms with van der Waals surface area (Å²) in [4.78, 5) is 28.6. The Morgan fingerprint density at radius 3 is 2.23 bits per heavy atom. The number of amides is 1. The predicted molar refractivity (Wildman–Crippen MR) is 150 cm³/mol. The zero-order chi connectivity index (χ0) is 27.6. The molecule has 6 nitrogen and oxygen atoms in total. The molecule has 3 aliphatic rings. The van der Waals surface area contributed by atoms with Gasteiger partial charge in [0.1, 0.15) is 17.6 Å². The molecule has 0 radical (unpaired) electrons. The average molecular weight is 543 g/mol. The van der Waals surface area contributed by atoms with E-state index >= 15 is 4.39 Å². The number of hydrogen-bond donors (Lipinski definition) is 1. The van der Waals surface area contributed by atoms with Gasteiger partial charge in [-0.25, -0.2) is 9.18 Å². The van der Waals surface area contributed by atoms with E-state index in [0.717, 1.165) is 37.9 Å². The highest BCUT2D eigenvalue weighted by Crippen LogP contribution is 2.45. The molecule has 3 aromatic carbocycles. The Morgan fingerprint density at radius 2 is 1.60 bits per heavy atom. The van der Waals surface area contributed by atoms with Gasteiger partial charge in [0, 0.05) is 25.1 Å². The lowest BCUT2D eigenvalue weighted by Gasteiger charge is -2.29. The van der Waals surface area contributed by atoms with Gasteiger partial charge in [-0.15, -0.1) is 0 Å². The zero-order valence-corrected chi connectivity index (χ0v) is 22.5. The predicted octanol–water partition coefficient (Wildman–Crippen LogP) is 5.88. The summed E-state index contributed by atoms with van der Waals surface area (Å²) in [7, 11) is 0. The lowest BCUT2D eigenvalue weighted by Crippen LogP contribution is -2.40. The number of nitrogens with zero attached hydrogens (tertiary/aromatic N) is 2. The highest BCUT2D eigenvalue weighted by molar-refractivity contribution is 5.97. The van der Waals surface area contributed by atoms with Crippen LogP contribution in [0, 0.1) is 11.7 Å². The first kappa shape index (κ1) is 26.5. The van der Waals surface area contributed by atoms with Crippen molar-refractivity contribution < 1.29 is 23.8 Å². The Balaban J connectivity index is 1.17. The SMILES string of the molecule is O=C(O)C1CCCN1C(=O)c1cc(C2CC2)c(OCC2CCN(C(c3ccccc3)c3ccccc3)C2)cc1F. The van der Waals surface area contributed by atoms with Gasteiger partial charge in [0.25, 0.3) is 5.91 Å². The van der Waals surface area contributed by atoms with Crippen LogP contribution < -0.4 is 4.74 Å². The highest BCUT2D eigenvalue weighted by Gasteiger charge is 2.37. The Labute approximate surface area is 234 Å². The van der Waals surface area contributed by atoms with Crippen molar-refractivity contribution in [2.75, 3.05) is 26.2 Å². The number of likely N-dealkylation sites (tertiary alicyclic amines) is 2. The maximum atomic E-state index is 15.3. The molecule has 2 aliphatic heterocycles. The number of aliphatic carboxylic acids is 1. The zero-order valence-electron chi connectivity index (χ0n) is 22.5. The third kappa shape index (κ3) is 5.48. The quantitative estimate of drug-likeness (QED) is 0.366. The van der Waals surface area contributed by atoms with Crippen molar-refractivity contribution in [1.82, 2.24) is 9.80 Å². The summed E-state index contributed by atoms with van der Waals surface area (Å²) in [6.45, 7) is 2.63. The lowest BCUT2D eigenvalue weighted by atomic mass is 9.97. The van der Waals surface area contributed by atoms with Crippen molar-refractivity contribution >= 4 is 11.9 Å². The molecule has 0 aromatic heterocycles. The van der Waals surface area contributed by atoms with E-state index in [2.05, 4.69) is 53.4 Å².